The molecule has 0 fully saturated rings. The van der Waals surface area contributed by atoms with Crippen LogP contribution in [0.2, 0.25) is 0 Å². The predicted octanol–water partition coefficient (Wildman–Crippen LogP) is 2.07. The molecule has 3 aromatic rings. The van der Waals surface area contributed by atoms with E-state index in [0.29, 0.717) is 18.7 Å². The molecule has 1 aliphatic heterocycles. The normalized spacial score (nSPS) is 14.3. The molecule has 0 spiro atoms. The van der Waals surface area contributed by atoms with Gasteiger partial charge >= 0.3 is 0 Å². The first-order valence-electron chi connectivity index (χ1n) is 10.3. The van der Waals surface area contributed by atoms with Crippen molar-refractivity contribution in [1.82, 2.24) is 25.0 Å². The van der Waals surface area contributed by atoms with Crippen LogP contribution in [0.4, 0.5) is 4.39 Å². The Balaban J connectivity index is 1.30. The van der Waals surface area contributed by atoms with Crippen molar-refractivity contribution >= 4 is 5.91 Å². The first-order chi connectivity index (χ1) is 15.1. The Hall–Kier alpha value is -3.04. The van der Waals surface area contributed by atoms with Gasteiger partial charge in [-0.05, 0) is 29.8 Å². The lowest BCUT2D eigenvalue weighted by atomic mass is 10.1. The molecule has 4 rings (SSSR count). The maximum absolute atomic E-state index is 13.3. The Morgan fingerprint density at radius 2 is 2.06 bits per heavy atom. The van der Waals surface area contributed by atoms with Gasteiger partial charge in [0.05, 0.1) is 19.5 Å². The smallest absolute Gasteiger partial charge is 0.224 e. The molecule has 0 saturated carbocycles. The zero-order chi connectivity index (χ0) is 21.6. The quantitative estimate of drug-likeness (QED) is 0.593. The summed E-state index contributed by atoms with van der Waals surface area (Å²) in [6.45, 7) is 3.90. The van der Waals surface area contributed by atoms with Crippen LogP contribution >= 0.6 is 0 Å². The van der Waals surface area contributed by atoms with E-state index < -0.39 is 0 Å². The van der Waals surface area contributed by atoms with Gasteiger partial charge in [0.15, 0.2) is 5.82 Å². The number of carbonyl (C=O) groups is 1. The number of furan rings is 1. The van der Waals surface area contributed by atoms with Crippen LogP contribution in [0, 0.1) is 5.82 Å². The lowest BCUT2D eigenvalue weighted by Crippen LogP contribution is -2.28. The van der Waals surface area contributed by atoms with Crippen LogP contribution in [0.1, 0.15) is 28.7 Å². The minimum atomic E-state index is -0.345. The summed E-state index contributed by atoms with van der Waals surface area (Å²) in [5.74, 6) is 2.85. The predicted molar refractivity (Wildman–Crippen MR) is 110 cm³/mol. The molecule has 1 aromatic carbocycles. The van der Waals surface area contributed by atoms with Gasteiger partial charge in [-0.25, -0.2) is 4.39 Å². The number of fused-ring (bicyclic) bond motifs is 1. The molecule has 1 aliphatic rings. The maximum atomic E-state index is 13.3. The third-order valence-corrected chi connectivity index (χ3v) is 5.28. The molecular formula is C22H26FN5O3. The van der Waals surface area contributed by atoms with Gasteiger partial charge in [-0.2, -0.15) is 0 Å². The van der Waals surface area contributed by atoms with Crippen molar-refractivity contribution in [3.05, 3.63) is 70.9 Å². The van der Waals surface area contributed by atoms with Crippen molar-refractivity contribution in [3.63, 3.8) is 0 Å². The average Bonchev–Trinajstić information content (AvgIpc) is 3.29. The van der Waals surface area contributed by atoms with Crippen molar-refractivity contribution in [2.45, 2.75) is 39.1 Å². The van der Waals surface area contributed by atoms with Crippen LogP contribution < -0.4 is 5.32 Å². The largest absolute Gasteiger partial charge is 0.462 e. The number of hydrogen-bond donors (Lipinski definition) is 1. The van der Waals surface area contributed by atoms with Gasteiger partial charge in [0.1, 0.15) is 29.8 Å². The van der Waals surface area contributed by atoms with Gasteiger partial charge in [0, 0.05) is 33.2 Å². The van der Waals surface area contributed by atoms with Crippen molar-refractivity contribution < 1.29 is 18.3 Å². The molecule has 0 unspecified atom stereocenters. The summed E-state index contributed by atoms with van der Waals surface area (Å²) in [4.78, 5) is 14.6. The summed E-state index contributed by atoms with van der Waals surface area (Å²) < 4.78 is 26.3. The molecule has 31 heavy (non-hydrogen) atoms. The Bertz CT molecular complexity index is 1030. The number of nitrogens with zero attached hydrogens (tertiary/aromatic N) is 4. The van der Waals surface area contributed by atoms with Crippen molar-refractivity contribution in [2.75, 3.05) is 20.2 Å². The van der Waals surface area contributed by atoms with Gasteiger partial charge in [0.25, 0.3) is 0 Å². The number of methoxy groups -OCH3 is 1. The van der Waals surface area contributed by atoms with Crippen LogP contribution in [0.15, 0.2) is 40.8 Å². The number of hydrogen-bond acceptors (Lipinski definition) is 6. The molecule has 3 heterocycles. The van der Waals surface area contributed by atoms with E-state index in [1.54, 1.807) is 19.2 Å². The lowest BCUT2D eigenvalue weighted by molar-refractivity contribution is -0.120. The summed E-state index contributed by atoms with van der Waals surface area (Å²) in [5, 5.41) is 11.4. The molecule has 164 valence electrons. The highest BCUT2D eigenvalue weighted by molar-refractivity contribution is 5.78. The molecule has 0 bridgehead atoms. The molecule has 8 nitrogen and oxygen atoms in total. The summed E-state index contributed by atoms with van der Waals surface area (Å²) in [6, 6.07) is 9.99. The second-order valence-corrected chi connectivity index (χ2v) is 7.59. The highest BCUT2D eigenvalue weighted by Crippen LogP contribution is 2.15. The maximum Gasteiger partial charge on any atom is 0.224 e. The van der Waals surface area contributed by atoms with E-state index in [1.807, 2.05) is 12.1 Å². The van der Waals surface area contributed by atoms with E-state index >= 15 is 0 Å². The zero-order valence-electron chi connectivity index (χ0n) is 17.5. The minimum absolute atomic E-state index is 0.126. The number of ether oxygens (including phenoxy) is 1. The minimum Gasteiger partial charge on any atom is -0.462 e. The second-order valence-electron chi connectivity index (χ2n) is 7.59. The van der Waals surface area contributed by atoms with Gasteiger partial charge in [0.2, 0.25) is 5.91 Å². The Morgan fingerprint density at radius 1 is 1.19 bits per heavy atom. The summed E-state index contributed by atoms with van der Waals surface area (Å²) in [6.07, 6.45) is 0.899. The van der Waals surface area contributed by atoms with Gasteiger partial charge in [-0.1, -0.05) is 12.1 Å². The fraction of sp³-hybridized carbons (Fsp3) is 0.409. The molecule has 0 atom stereocenters. The molecule has 0 saturated heterocycles. The first-order valence-corrected chi connectivity index (χ1v) is 10.3. The summed E-state index contributed by atoms with van der Waals surface area (Å²) in [7, 11) is 1.65. The number of amides is 1. The number of benzene rings is 1. The molecule has 1 amide bonds. The number of halogens is 1. The number of rotatable bonds is 8. The molecule has 9 heteroatoms. The molecule has 1 N–H and O–H groups in total. The van der Waals surface area contributed by atoms with Crippen LogP contribution in [0.5, 0.6) is 0 Å². The van der Waals surface area contributed by atoms with Crippen molar-refractivity contribution in [1.29, 1.82) is 0 Å². The van der Waals surface area contributed by atoms with Crippen LogP contribution in [-0.4, -0.2) is 45.8 Å². The monoisotopic (exact) mass is 427 g/mol. The fourth-order valence-electron chi connectivity index (χ4n) is 3.74. The van der Waals surface area contributed by atoms with E-state index in [4.69, 9.17) is 9.15 Å². The topological polar surface area (TPSA) is 85.4 Å². The Morgan fingerprint density at radius 3 is 2.90 bits per heavy atom. The molecule has 0 aliphatic carbocycles. The van der Waals surface area contributed by atoms with E-state index in [2.05, 4.69) is 25.0 Å². The van der Waals surface area contributed by atoms with E-state index in [9.17, 15) is 9.18 Å². The highest BCUT2D eigenvalue weighted by atomic mass is 19.1. The zero-order valence-corrected chi connectivity index (χ0v) is 17.5. The standard InChI is InChI=1S/C22H26FN5O3/c1-30-15-19-6-5-18(31-19)14-27-8-7-20-25-26-21(28(20)10-9-27)13-24-22(29)12-16-3-2-4-17(23)11-16/h2-6,11H,7-10,12-15H2,1H3,(H,24,29). The number of nitrogens with one attached hydrogen (secondary N) is 1. The molecular weight excluding hydrogens is 401 g/mol. The van der Waals surface area contributed by atoms with E-state index in [1.165, 1.54) is 12.1 Å². The highest BCUT2D eigenvalue weighted by Gasteiger charge is 2.20. The van der Waals surface area contributed by atoms with E-state index in [0.717, 1.165) is 55.8 Å². The van der Waals surface area contributed by atoms with Crippen LogP contribution in [-0.2, 0) is 48.6 Å². The summed E-state index contributed by atoms with van der Waals surface area (Å²) >= 11 is 0. The number of aromatic nitrogens is 3. The second kappa shape index (κ2) is 9.84. The summed E-state index contributed by atoms with van der Waals surface area (Å²) in [5.41, 5.74) is 0.639. The number of carbonyl (C=O) groups excluding carboxylic acids is 1. The van der Waals surface area contributed by atoms with Gasteiger partial charge in [-0.15, -0.1) is 10.2 Å². The average molecular weight is 427 g/mol. The van der Waals surface area contributed by atoms with Crippen molar-refractivity contribution in [3.8, 4) is 0 Å². The Kier molecular flexibility index (Phi) is 6.73. The first kappa shape index (κ1) is 21.2. The third-order valence-electron chi connectivity index (χ3n) is 5.28. The van der Waals surface area contributed by atoms with E-state index in [-0.39, 0.29) is 18.1 Å². The van der Waals surface area contributed by atoms with Crippen LogP contribution in [0.3, 0.4) is 0 Å². The molecule has 2 aromatic heterocycles. The SMILES string of the molecule is COCc1ccc(CN2CCc3nnc(CNC(=O)Cc4cccc(F)c4)n3CC2)o1. The van der Waals surface area contributed by atoms with Gasteiger partial charge in [-0.3, -0.25) is 9.69 Å². The van der Waals surface area contributed by atoms with Crippen molar-refractivity contribution in [2.24, 2.45) is 0 Å². The lowest BCUT2D eigenvalue weighted by Gasteiger charge is -2.18. The molecule has 0 radical (unpaired) electrons. The van der Waals surface area contributed by atoms with Gasteiger partial charge < -0.3 is 19.0 Å². The fourth-order valence-corrected chi connectivity index (χ4v) is 3.74. The Labute approximate surface area is 180 Å². The van der Waals surface area contributed by atoms with Crippen LogP contribution in [0.25, 0.3) is 0 Å². The third kappa shape index (κ3) is 5.56.